The molecule has 0 aromatic carbocycles. The third kappa shape index (κ3) is 9.56. The SMILES string of the molecule is CC(C)(C)COCC=C(F)F. The Kier molecular flexibility index (Phi) is 4.26. The summed E-state index contributed by atoms with van der Waals surface area (Å²) in [6.45, 7) is 6.46. The number of hydrogen-bond acceptors (Lipinski definition) is 1. The lowest BCUT2D eigenvalue weighted by Gasteiger charge is -2.16. The Morgan fingerprint density at radius 1 is 1.36 bits per heavy atom. The fraction of sp³-hybridized carbons (Fsp3) is 0.750. The van der Waals surface area contributed by atoms with Gasteiger partial charge in [0.15, 0.2) is 0 Å². The first-order valence-corrected chi connectivity index (χ1v) is 3.51. The van der Waals surface area contributed by atoms with Crippen molar-refractivity contribution in [1.29, 1.82) is 0 Å². The summed E-state index contributed by atoms with van der Waals surface area (Å²) in [7, 11) is 0. The van der Waals surface area contributed by atoms with Crippen LogP contribution in [0.15, 0.2) is 12.2 Å². The summed E-state index contributed by atoms with van der Waals surface area (Å²) in [6, 6.07) is 0. The highest BCUT2D eigenvalue weighted by Crippen LogP contribution is 2.12. The predicted molar refractivity (Wildman–Crippen MR) is 40.6 cm³/mol. The highest BCUT2D eigenvalue weighted by Gasteiger charge is 2.08. The minimum atomic E-state index is -1.68. The van der Waals surface area contributed by atoms with Crippen LogP contribution in [0, 0.1) is 5.41 Å². The summed E-state index contributed by atoms with van der Waals surface area (Å²) in [5.41, 5.74) is 0.0423. The molecule has 0 aliphatic carbocycles. The van der Waals surface area contributed by atoms with Crippen LogP contribution >= 0.6 is 0 Å². The van der Waals surface area contributed by atoms with E-state index < -0.39 is 6.08 Å². The van der Waals surface area contributed by atoms with Crippen molar-refractivity contribution in [2.75, 3.05) is 13.2 Å². The maximum absolute atomic E-state index is 11.4. The van der Waals surface area contributed by atoms with Gasteiger partial charge in [-0.1, -0.05) is 20.8 Å². The molecule has 0 saturated heterocycles. The lowest BCUT2D eigenvalue weighted by atomic mass is 9.99. The van der Waals surface area contributed by atoms with Gasteiger partial charge in [0.1, 0.15) is 0 Å². The summed E-state index contributed by atoms with van der Waals surface area (Å²) in [5.74, 6) is 0. The topological polar surface area (TPSA) is 9.23 Å². The maximum atomic E-state index is 11.4. The van der Waals surface area contributed by atoms with E-state index in [0.717, 1.165) is 6.08 Å². The zero-order valence-corrected chi connectivity index (χ0v) is 7.16. The Labute approximate surface area is 66.0 Å². The lowest BCUT2D eigenvalue weighted by Crippen LogP contribution is -2.14. The van der Waals surface area contributed by atoms with Crippen molar-refractivity contribution in [1.82, 2.24) is 0 Å². The molecule has 0 rings (SSSR count). The molecule has 0 bridgehead atoms. The van der Waals surface area contributed by atoms with Gasteiger partial charge < -0.3 is 4.74 Å². The highest BCUT2D eigenvalue weighted by atomic mass is 19.3. The van der Waals surface area contributed by atoms with E-state index in [4.69, 9.17) is 4.74 Å². The van der Waals surface area contributed by atoms with Gasteiger partial charge in [-0.15, -0.1) is 0 Å². The molecule has 0 unspecified atom stereocenters. The van der Waals surface area contributed by atoms with E-state index in [1.165, 1.54) is 0 Å². The Hall–Kier alpha value is -0.440. The second-order valence-corrected chi connectivity index (χ2v) is 3.57. The zero-order chi connectivity index (χ0) is 8.91. The fourth-order valence-electron chi connectivity index (χ4n) is 0.487. The number of ether oxygens (including phenoxy) is 1. The molecule has 3 heteroatoms. The second kappa shape index (κ2) is 4.44. The monoisotopic (exact) mass is 164 g/mol. The highest BCUT2D eigenvalue weighted by molar-refractivity contribution is 4.79. The van der Waals surface area contributed by atoms with Crippen molar-refractivity contribution in [3.63, 3.8) is 0 Å². The quantitative estimate of drug-likeness (QED) is 0.583. The van der Waals surface area contributed by atoms with Crippen LogP contribution in [0.5, 0.6) is 0 Å². The van der Waals surface area contributed by atoms with E-state index in [-0.39, 0.29) is 12.0 Å². The van der Waals surface area contributed by atoms with Crippen molar-refractivity contribution < 1.29 is 13.5 Å². The predicted octanol–water partition coefficient (Wildman–Crippen LogP) is 2.83. The van der Waals surface area contributed by atoms with E-state index in [1.807, 2.05) is 20.8 Å². The summed E-state index contributed by atoms with van der Waals surface area (Å²) in [6.07, 6.45) is -0.912. The number of rotatable bonds is 3. The van der Waals surface area contributed by atoms with Gasteiger partial charge in [-0.25, -0.2) is 0 Å². The van der Waals surface area contributed by atoms with E-state index in [9.17, 15) is 8.78 Å². The first kappa shape index (κ1) is 10.6. The third-order valence-electron chi connectivity index (χ3n) is 0.891. The van der Waals surface area contributed by atoms with Crippen molar-refractivity contribution in [3.8, 4) is 0 Å². The second-order valence-electron chi connectivity index (χ2n) is 3.57. The smallest absolute Gasteiger partial charge is 0.268 e. The summed E-state index contributed by atoms with van der Waals surface area (Å²) in [5, 5.41) is 0. The summed E-state index contributed by atoms with van der Waals surface area (Å²) >= 11 is 0. The third-order valence-corrected chi connectivity index (χ3v) is 0.891. The Balaban J connectivity index is 3.36. The average Bonchev–Trinajstić information content (AvgIpc) is 1.78. The van der Waals surface area contributed by atoms with Crippen LogP contribution in [0.2, 0.25) is 0 Å². The molecular weight excluding hydrogens is 150 g/mol. The minimum Gasteiger partial charge on any atom is -0.377 e. The largest absolute Gasteiger partial charge is 0.377 e. The molecule has 0 aliphatic heterocycles. The van der Waals surface area contributed by atoms with Crippen LogP contribution in [0.25, 0.3) is 0 Å². The molecule has 0 radical (unpaired) electrons. The molecule has 0 saturated carbocycles. The molecule has 0 spiro atoms. The first-order chi connectivity index (χ1) is 4.92. The summed E-state index contributed by atoms with van der Waals surface area (Å²) < 4.78 is 27.8. The van der Waals surface area contributed by atoms with Crippen molar-refractivity contribution in [3.05, 3.63) is 12.2 Å². The Morgan fingerprint density at radius 2 is 1.91 bits per heavy atom. The van der Waals surface area contributed by atoms with Gasteiger partial charge in [-0.2, -0.15) is 8.78 Å². The minimum absolute atomic E-state index is 0.000394. The molecule has 0 aromatic heterocycles. The van der Waals surface area contributed by atoms with E-state index in [0.29, 0.717) is 6.61 Å². The van der Waals surface area contributed by atoms with Crippen LogP contribution in [-0.2, 0) is 4.74 Å². The van der Waals surface area contributed by atoms with Crippen molar-refractivity contribution >= 4 is 0 Å². The van der Waals surface area contributed by atoms with Gasteiger partial charge in [0.25, 0.3) is 6.08 Å². The van der Waals surface area contributed by atoms with Crippen LogP contribution in [-0.4, -0.2) is 13.2 Å². The first-order valence-electron chi connectivity index (χ1n) is 3.51. The van der Waals surface area contributed by atoms with Gasteiger partial charge in [0.05, 0.1) is 13.2 Å². The summed E-state index contributed by atoms with van der Waals surface area (Å²) in [4.78, 5) is 0. The van der Waals surface area contributed by atoms with Gasteiger partial charge in [0.2, 0.25) is 0 Å². The molecular formula is C8H14F2O. The van der Waals surface area contributed by atoms with Crippen molar-refractivity contribution in [2.45, 2.75) is 20.8 Å². The van der Waals surface area contributed by atoms with E-state index >= 15 is 0 Å². The molecule has 0 atom stereocenters. The van der Waals surface area contributed by atoms with Crippen LogP contribution in [0.3, 0.4) is 0 Å². The van der Waals surface area contributed by atoms with E-state index in [2.05, 4.69) is 0 Å². The van der Waals surface area contributed by atoms with Gasteiger partial charge in [0, 0.05) is 6.08 Å². The van der Waals surface area contributed by atoms with Crippen molar-refractivity contribution in [2.24, 2.45) is 5.41 Å². The standard InChI is InChI=1S/C8H14F2O/c1-8(2,3)6-11-5-4-7(9)10/h4H,5-6H2,1-3H3. The average molecular weight is 164 g/mol. The van der Waals surface area contributed by atoms with Crippen LogP contribution in [0.4, 0.5) is 8.78 Å². The van der Waals surface area contributed by atoms with E-state index in [1.54, 1.807) is 0 Å². The molecule has 0 aliphatic rings. The molecule has 11 heavy (non-hydrogen) atoms. The maximum Gasteiger partial charge on any atom is 0.268 e. The molecule has 1 nitrogen and oxygen atoms in total. The van der Waals surface area contributed by atoms with Gasteiger partial charge in [-0.3, -0.25) is 0 Å². The van der Waals surface area contributed by atoms with Gasteiger partial charge >= 0.3 is 0 Å². The Morgan fingerprint density at radius 3 is 2.27 bits per heavy atom. The van der Waals surface area contributed by atoms with Gasteiger partial charge in [-0.05, 0) is 5.41 Å². The van der Waals surface area contributed by atoms with Crippen LogP contribution < -0.4 is 0 Å². The molecule has 0 fully saturated rings. The molecule has 0 heterocycles. The Bertz CT molecular complexity index is 132. The zero-order valence-electron chi connectivity index (χ0n) is 7.16. The number of hydrogen-bond donors (Lipinski definition) is 0. The van der Waals surface area contributed by atoms with Crippen LogP contribution in [0.1, 0.15) is 20.8 Å². The molecule has 0 amide bonds. The molecule has 0 aromatic rings. The normalized spacial score (nSPS) is 11.4. The fourth-order valence-corrected chi connectivity index (χ4v) is 0.487. The molecule has 0 N–H and O–H groups in total. The molecule has 66 valence electrons. The lowest BCUT2D eigenvalue weighted by molar-refractivity contribution is 0.0893. The number of halogens is 2.